The molecule has 2 atom stereocenters. The molecule has 21 heavy (non-hydrogen) atoms. The highest BCUT2D eigenvalue weighted by Gasteiger charge is 2.27. The number of aliphatic hydroxyl groups excluding tert-OH is 1. The molecule has 0 spiro atoms. The van der Waals surface area contributed by atoms with E-state index in [4.69, 9.17) is 0 Å². The minimum absolute atomic E-state index is 0.243. The lowest BCUT2D eigenvalue weighted by atomic mass is 9.82. The van der Waals surface area contributed by atoms with Crippen LogP contribution in [0.1, 0.15) is 39.2 Å². The van der Waals surface area contributed by atoms with E-state index in [2.05, 4.69) is 6.58 Å². The van der Waals surface area contributed by atoms with Gasteiger partial charge in [0.05, 0.1) is 11.7 Å². The maximum Gasteiger partial charge on any atom is 0.115 e. The number of aliphatic hydroxyl groups is 2. The van der Waals surface area contributed by atoms with Gasteiger partial charge in [0, 0.05) is 5.41 Å². The molecule has 0 aromatic heterocycles. The Balaban J connectivity index is 2.71. The Hall–Kier alpha value is -1.58. The van der Waals surface area contributed by atoms with Crippen molar-refractivity contribution in [3.63, 3.8) is 0 Å². The van der Waals surface area contributed by atoms with Crippen LogP contribution in [0.15, 0.2) is 43.0 Å². The summed E-state index contributed by atoms with van der Waals surface area (Å²) in [6, 6.07) is 6.95. The normalized spacial score (nSPS) is 16.6. The van der Waals surface area contributed by atoms with Crippen molar-refractivity contribution in [2.45, 2.75) is 45.3 Å². The quantitative estimate of drug-likeness (QED) is 0.673. The van der Waals surface area contributed by atoms with Gasteiger partial charge in [-0.1, -0.05) is 37.3 Å². The Kier molecular flexibility index (Phi) is 5.76. The standard InChI is InChI=1S/C18H26O3/c1-5-18(4,13-11-16(20)17(2,3)21)12-10-14-6-8-15(19)9-7-14/h5-10,12,16,19-21H,1,11,13H2,2-4H3/t16-,18-/m0/s1. The predicted molar refractivity (Wildman–Crippen MR) is 87.0 cm³/mol. The van der Waals surface area contributed by atoms with Gasteiger partial charge in [-0.15, -0.1) is 6.58 Å². The van der Waals surface area contributed by atoms with Crippen molar-refractivity contribution >= 4 is 6.08 Å². The lowest BCUT2D eigenvalue weighted by Crippen LogP contribution is -2.36. The fourth-order valence-corrected chi connectivity index (χ4v) is 1.93. The second kappa shape index (κ2) is 6.92. The third kappa shape index (κ3) is 5.74. The molecule has 0 amide bonds. The molecule has 1 aromatic carbocycles. The summed E-state index contributed by atoms with van der Waals surface area (Å²) in [6.07, 6.45) is 6.27. The summed E-state index contributed by atoms with van der Waals surface area (Å²) in [5.74, 6) is 0.243. The molecule has 0 unspecified atom stereocenters. The summed E-state index contributed by atoms with van der Waals surface area (Å²) in [5, 5.41) is 29.0. The van der Waals surface area contributed by atoms with Gasteiger partial charge in [-0.3, -0.25) is 0 Å². The molecular formula is C18H26O3. The highest BCUT2D eigenvalue weighted by Crippen LogP contribution is 2.30. The van der Waals surface area contributed by atoms with E-state index in [9.17, 15) is 15.3 Å². The summed E-state index contributed by atoms with van der Waals surface area (Å²) in [4.78, 5) is 0. The molecule has 0 heterocycles. The first-order valence-corrected chi connectivity index (χ1v) is 7.18. The number of benzene rings is 1. The molecule has 3 N–H and O–H groups in total. The molecule has 0 aliphatic rings. The summed E-state index contributed by atoms with van der Waals surface area (Å²) in [6.45, 7) is 9.11. The van der Waals surface area contributed by atoms with E-state index in [0.29, 0.717) is 12.8 Å². The van der Waals surface area contributed by atoms with Crippen LogP contribution in [0.25, 0.3) is 6.08 Å². The van der Waals surface area contributed by atoms with Crippen LogP contribution in [0.5, 0.6) is 5.75 Å². The van der Waals surface area contributed by atoms with E-state index in [1.807, 2.05) is 37.3 Å². The predicted octanol–water partition coefficient (Wildman–Crippen LogP) is 3.51. The zero-order valence-electron chi connectivity index (χ0n) is 13.1. The summed E-state index contributed by atoms with van der Waals surface area (Å²) >= 11 is 0. The number of hydrogen-bond acceptors (Lipinski definition) is 3. The molecule has 0 radical (unpaired) electrons. The van der Waals surface area contributed by atoms with Gasteiger partial charge in [0.15, 0.2) is 0 Å². The van der Waals surface area contributed by atoms with E-state index in [1.165, 1.54) is 0 Å². The van der Waals surface area contributed by atoms with Crippen molar-refractivity contribution < 1.29 is 15.3 Å². The highest BCUT2D eigenvalue weighted by atomic mass is 16.3. The van der Waals surface area contributed by atoms with Crippen molar-refractivity contribution in [1.29, 1.82) is 0 Å². The number of rotatable bonds is 7. The van der Waals surface area contributed by atoms with Crippen LogP contribution in [-0.4, -0.2) is 27.0 Å². The number of aromatic hydroxyl groups is 1. The highest BCUT2D eigenvalue weighted by molar-refractivity contribution is 5.51. The molecule has 116 valence electrons. The van der Waals surface area contributed by atoms with E-state index in [1.54, 1.807) is 26.0 Å². The summed E-state index contributed by atoms with van der Waals surface area (Å²) in [5.41, 5.74) is -0.365. The lowest BCUT2D eigenvalue weighted by molar-refractivity contribution is -0.0539. The van der Waals surface area contributed by atoms with Crippen LogP contribution in [0, 0.1) is 5.41 Å². The monoisotopic (exact) mass is 290 g/mol. The van der Waals surface area contributed by atoms with E-state index >= 15 is 0 Å². The number of phenols is 1. The summed E-state index contributed by atoms with van der Waals surface area (Å²) in [7, 11) is 0. The van der Waals surface area contributed by atoms with Crippen molar-refractivity contribution in [2.24, 2.45) is 5.41 Å². The van der Waals surface area contributed by atoms with Gasteiger partial charge in [-0.05, 0) is 44.4 Å². The first-order chi connectivity index (χ1) is 9.66. The third-order valence-corrected chi connectivity index (χ3v) is 3.79. The molecule has 0 saturated carbocycles. The fraction of sp³-hybridized carbons (Fsp3) is 0.444. The van der Waals surface area contributed by atoms with Gasteiger partial charge in [0.2, 0.25) is 0 Å². The van der Waals surface area contributed by atoms with Crippen LogP contribution in [-0.2, 0) is 0 Å². The molecule has 1 aromatic rings. The molecule has 3 heteroatoms. The van der Waals surface area contributed by atoms with Crippen LogP contribution in [0.2, 0.25) is 0 Å². The minimum Gasteiger partial charge on any atom is -0.508 e. The molecule has 0 aliphatic heterocycles. The van der Waals surface area contributed by atoms with Crippen molar-refractivity contribution in [3.05, 3.63) is 48.6 Å². The smallest absolute Gasteiger partial charge is 0.115 e. The summed E-state index contributed by atoms with van der Waals surface area (Å²) < 4.78 is 0. The fourth-order valence-electron chi connectivity index (χ4n) is 1.93. The Labute approximate surface area is 127 Å². The Morgan fingerprint density at radius 1 is 1.19 bits per heavy atom. The zero-order valence-corrected chi connectivity index (χ0v) is 13.1. The molecule has 1 rings (SSSR count). The van der Waals surface area contributed by atoms with Gasteiger partial charge in [0.25, 0.3) is 0 Å². The van der Waals surface area contributed by atoms with Crippen LogP contribution >= 0.6 is 0 Å². The molecular weight excluding hydrogens is 264 g/mol. The lowest BCUT2D eigenvalue weighted by Gasteiger charge is -2.28. The Bertz CT molecular complexity index is 482. The molecule has 0 saturated heterocycles. The van der Waals surface area contributed by atoms with E-state index in [0.717, 1.165) is 5.56 Å². The maximum atomic E-state index is 9.92. The first kappa shape index (κ1) is 17.5. The maximum absolute atomic E-state index is 9.92. The Morgan fingerprint density at radius 2 is 1.76 bits per heavy atom. The van der Waals surface area contributed by atoms with Gasteiger partial charge in [-0.25, -0.2) is 0 Å². The van der Waals surface area contributed by atoms with Crippen molar-refractivity contribution in [1.82, 2.24) is 0 Å². The van der Waals surface area contributed by atoms with Crippen LogP contribution in [0.3, 0.4) is 0 Å². The van der Waals surface area contributed by atoms with Gasteiger partial charge >= 0.3 is 0 Å². The van der Waals surface area contributed by atoms with Crippen LogP contribution < -0.4 is 0 Å². The SMILES string of the molecule is C=C[C@@](C)(C=Cc1ccc(O)cc1)CC[C@H](O)C(C)(C)O. The molecule has 3 nitrogen and oxygen atoms in total. The average Bonchev–Trinajstić information content (AvgIpc) is 2.43. The van der Waals surface area contributed by atoms with Crippen molar-refractivity contribution in [3.8, 4) is 5.75 Å². The van der Waals surface area contributed by atoms with Crippen molar-refractivity contribution in [2.75, 3.05) is 0 Å². The number of hydrogen-bond donors (Lipinski definition) is 3. The average molecular weight is 290 g/mol. The molecule has 0 bridgehead atoms. The number of allylic oxidation sites excluding steroid dienone is 2. The van der Waals surface area contributed by atoms with Gasteiger partial charge in [0.1, 0.15) is 5.75 Å². The zero-order chi connectivity index (χ0) is 16.1. The van der Waals surface area contributed by atoms with E-state index < -0.39 is 11.7 Å². The number of phenolic OH excluding ortho intramolecular Hbond substituents is 1. The second-order valence-corrected chi connectivity index (χ2v) is 6.34. The topological polar surface area (TPSA) is 60.7 Å². The van der Waals surface area contributed by atoms with Gasteiger partial charge in [-0.2, -0.15) is 0 Å². The molecule has 0 aliphatic carbocycles. The molecule has 0 fully saturated rings. The van der Waals surface area contributed by atoms with Crippen LogP contribution in [0.4, 0.5) is 0 Å². The van der Waals surface area contributed by atoms with E-state index in [-0.39, 0.29) is 11.2 Å². The van der Waals surface area contributed by atoms with Gasteiger partial charge < -0.3 is 15.3 Å². The second-order valence-electron chi connectivity index (χ2n) is 6.34. The third-order valence-electron chi connectivity index (χ3n) is 3.79. The largest absolute Gasteiger partial charge is 0.508 e. The minimum atomic E-state index is -1.09. The Morgan fingerprint density at radius 3 is 2.24 bits per heavy atom. The first-order valence-electron chi connectivity index (χ1n) is 7.18.